The number of hydrogen-bond donors (Lipinski definition) is 7. The first-order valence-corrected chi connectivity index (χ1v) is 9.50. The summed E-state index contributed by atoms with van der Waals surface area (Å²) in [4.78, 5) is 13.6. The Bertz CT molecular complexity index is 643. The van der Waals surface area contributed by atoms with E-state index in [9.17, 15) is 35.4 Å². The van der Waals surface area contributed by atoms with E-state index in [4.69, 9.17) is 0 Å². The van der Waals surface area contributed by atoms with E-state index in [0.29, 0.717) is 32.4 Å². The third kappa shape index (κ3) is 6.05. The van der Waals surface area contributed by atoms with E-state index >= 15 is 0 Å². The summed E-state index contributed by atoms with van der Waals surface area (Å²) in [6, 6.07) is 3.85. The first-order chi connectivity index (χ1) is 13.3. The van der Waals surface area contributed by atoms with Crippen molar-refractivity contribution in [1.29, 1.82) is 0 Å². The van der Waals surface area contributed by atoms with Crippen LogP contribution < -0.4 is 5.32 Å². The Morgan fingerprint density at radius 1 is 1.11 bits per heavy atom. The Morgan fingerprint density at radius 2 is 1.86 bits per heavy atom. The molecule has 9 heteroatoms. The summed E-state index contributed by atoms with van der Waals surface area (Å²) in [7, 11) is 0. The number of nitrogens with zero attached hydrogens (tertiary/aromatic N) is 1. The molecule has 1 heterocycles. The van der Waals surface area contributed by atoms with Crippen molar-refractivity contribution in [3.8, 4) is 11.5 Å². The molecule has 0 saturated carbocycles. The Hall–Kier alpha value is -1.91. The molecular formula is C19H30N2O7. The van der Waals surface area contributed by atoms with Crippen LogP contribution in [0.1, 0.15) is 24.8 Å². The van der Waals surface area contributed by atoms with Gasteiger partial charge in [-0.2, -0.15) is 0 Å². The van der Waals surface area contributed by atoms with Crippen molar-refractivity contribution in [2.24, 2.45) is 0 Å². The lowest BCUT2D eigenvalue weighted by Crippen LogP contribution is -2.62. The van der Waals surface area contributed by atoms with Gasteiger partial charge in [0.25, 0.3) is 0 Å². The SMILES string of the molecule is O=C(CCc1ccc(O)c(O)c1)NCCCCN1C[C@H](O)[C@@H](O)[C@H](O)[C@H]1CO. The molecule has 1 aromatic rings. The standard InChI is InChI=1S/C19H30N2O7/c22-11-13-18(27)19(28)16(25)10-21(13)8-2-1-7-20-17(26)6-4-12-3-5-14(23)15(24)9-12/h3,5,9,13,16,18-19,22-25,27-28H,1-2,4,6-8,10-11H2,(H,20,26)/t13-,16+,18-,19-/m1/s1. The molecule has 1 amide bonds. The van der Waals surface area contributed by atoms with E-state index in [1.54, 1.807) is 11.0 Å². The molecule has 1 aliphatic rings. The van der Waals surface area contributed by atoms with Gasteiger partial charge in [-0.05, 0) is 43.5 Å². The summed E-state index contributed by atoms with van der Waals surface area (Å²) in [5.74, 6) is -0.521. The minimum Gasteiger partial charge on any atom is -0.504 e. The summed E-state index contributed by atoms with van der Waals surface area (Å²) in [5, 5.41) is 60.3. The maximum atomic E-state index is 11.9. The van der Waals surface area contributed by atoms with Crippen molar-refractivity contribution >= 4 is 5.91 Å². The van der Waals surface area contributed by atoms with Crippen molar-refractivity contribution in [3.63, 3.8) is 0 Å². The quantitative estimate of drug-likeness (QED) is 0.200. The van der Waals surface area contributed by atoms with Gasteiger partial charge >= 0.3 is 0 Å². The number of unbranched alkanes of at least 4 members (excludes halogenated alkanes) is 1. The fourth-order valence-electron chi connectivity index (χ4n) is 3.37. The van der Waals surface area contributed by atoms with Crippen molar-refractivity contribution in [2.75, 3.05) is 26.2 Å². The molecule has 158 valence electrons. The molecule has 9 nitrogen and oxygen atoms in total. The largest absolute Gasteiger partial charge is 0.504 e. The lowest BCUT2D eigenvalue weighted by Gasteiger charge is -2.43. The number of benzene rings is 1. The van der Waals surface area contributed by atoms with Gasteiger partial charge in [0.1, 0.15) is 12.2 Å². The number of piperidine rings is 1. The molecule has 1 fully saturated rings. The molecule has 2 rings (SSSR count). The summed E-state index contributed by atoms with van der Waals surface area (Å²) in [5.41, 5.74) is 0.755. The van der Waals surface area contributed by atoms with Crippen LogP contribution in [0.4, 0.5) is 0 Å². The van der Waals surface area contributed by atoms with E-state index in [2.05, 4.69) is 5.32 Å². The number of aromatic hydroxyl groups is 2. The van der Waals surface area contributed by atoms with E-state index in [1.807, 2.05) is 0 Å². The lowest BCUT2D eigenvalue weighted by molar-refractivity contribution is -0.145. The number of phenolic OH excluding ortho intramolecular Hbond substituents is 2. The van der Waals surface area contributed by atoms with E-state index in [0.717, 1.165) is 5.56 Å². The number of aryl methyl sites for hydroxylation is 1. The maximum absolute atomic E-state index is 11.9. The molecule has 0 unspecified atom stereocenters. The third-order valence-corrected chi connectivity index (χ3v) is 5.09. The molecule has 0 bridgehead atoms. The maximum Gasteiger partial charge on any atom is 0.220 e. The van der Waals surface area contributed by atoms with Crippen LogP contribution in [0.3, 0.4) is 0 Å². The summed E-state index contributed by atoms with van der Waals surface area (Å²) < 4.78 is 0. The number of phenols is 2. The minimum atomic E-state index is -1.26. The lowest BCUT2D eigenvalue weighted by atomic mass is 9.94. The van der Waals surface area contributed by atoms with Gasteiger partial charge in [0.2, 0.25) is 5.91 Å². The van der Waals surface area contributed by atoms with Gasteiger partial charge in [-0.3, -0.25) is 9.69 Å². The molecule has 4 atom stereocenters. The average Bonchev–Trinajstić information content (AvgIpc) is 2.67. The number of amides is 1. The first-order valence-electron chi connectivity index (χ1n) is 9.50. The van der Waals surface area contributed by atoms with Gasteiger partial charge in [0, 0.05) is 19.5 Å². The Morgan fingerprint density at radius 3 is 2.54 bits per heavy atom. The highest BCUT2D eigenvalue weighted by molar-refractivity contribution is 5.76. The molecule has 1 aliphatic heterocycles. The number of β-amino-alcohol motifs (C(OH)–C–C–N with tert-alkyl or cyclic N) is 1. The van der Waals surface area contributed by atoms with Crippen LogP contribution in [0, 0.1) is 0 Å². The molecule has 0 spiro atoms. The zero-order valence-electron chi connectivity index (χ0n) is 15.7. The number of nitrogens with one attached hydrogen (secondary N) is 1. The Labute approximate surface area is 163 Å². The predicted octanol–water partition coefficient (Wildman–Crippen LogP) is -1.31. The number of hydrogen-bond acceptors (Lipinski definition) is 8. The monoisotopic (exact) mass is 398 g/mol. The fourth-order valence-corrected chi connectivity index (χ4v) is 3.37. The van der Waals surface area contributed by atoms with E-state index in [-0.39, 0.29) is 37.0 Å². The van der Waals surface area contributed by atoms with Crippen LogP contribution in [0.25, 0.3) is 0 Å². The molecule has 0 aromatic heterocycles. The van der Waals surface area contributed by atoms with E-state index < -0.39 is 24.4 Å². The van der Waals surface area contributed by atoms with Gasteiger partial charge in [0.05, 0.1) is 18.8 Å². The second-order valence-electron chi connectivity index (χ2n) is 7.17. The van der Waals surface area contributed by atoms with Crippen molar-refractivity contribution in [2.45, 2.75) is 50.0 Å². The van der Waals surface area contributed by atoms with E-state index in [1.165, 1.54) is 12.1 Å². The number of aliphatic hydroxyl groups excluding tert-OH is 4. The molecule has 0 aliphatic carbocycles. The number of carbonyl (C=O) groups excluding carboxylic acids is 1. The highest BCUT2D eigenvalue weighted by Gasteiger charge is 2.40. The van der Waals surface area contributed by atoms with Crippen LogP contribution in [0.5, 0.6) is 11.5 Å². The van der Waals surface area contributed by atoms with Gasteiger partial charge < -0.3 is 36.0 Å². The number of likely N-dealkylation sites (tertiary alicyclic amines) is 1. The molecule has 0 radical (unpaired) electrons. The van der Waals surface area contributed by atoms with Gasteiger partial charge in [-0.15, -0.1) is 0 Å². The van der Waals surface area contributed by atoms with Crippen LogP contribution >= 0.6 is 0 Å². The Kier molecular flexibility index (Phi) is 8.46. The van der Waals surface area contributed by atoms with Crippen LogP contribution in [0.2, 0.25) is 0 Å². The smallest absolute Gasteiger partial charge is 0.220 e. The molecule has 7 N–H and O–H groups in total. The number of carbonyl (C=O) groups is 1. The normalized spacial score (nSPS) is 25.6. The van der Waals surface area contributed by atoms with Crippen LogP contribution in [0.15, 0.2) is 18.2 Å². The molecule has 1 aromatic carbocycles. The van der Waals surface area contributed by atoms with Gasteiger partial charge in [-0.1, -0.05) is 6.07 Å². The highest BCUT2D eigenvalue weighted by atomic mass is 16.4. The molecular weight excluding hydrogens is 368 g/mol. The second-order valence-corrected chi connectivity index (χ2v) is 7.17. The summed E-state index contributed by atoms with van der Waals surface area (Å²) in [6.07, 6.45) is -1.43. The van der Waals surface area contributed by atoms with Crippen molar-refractivity contribution in [1.82, 2.24) is 10.2 Å². The average molecular weight is 398 g/mol. The second kappa shape index (κ2) is 10.6. The van der Waals surface area contributed by atoms with Crippen molar-refractivity contribution in [3.05, 3.63) is 23.8 Å². The third-order valence-electron chi connectivity index (χ3n) is 5.09. The fraction of sp³-hybridized carbons (Fsp3) is 0.632. The summed E-state index contributed by atoms with van der Waals surface area (Å²) >= 11 is 0. The molecule has 1 saturated heterocycles. The van der Waals surface area contributed by atoms with Gasteiger partial charge in [-0.25, -0.2) is 0 Å². The Balaban J connectivity index is 1.64. The zero-order chi connectivity index (χ0) is 20.7. The van der Waals surface area contributed by atoms with Crippen molar-refractivity contribution < 1.29 is 35.4 Å². The zero-order valence-corrected chi connectivity index (χ0v) is 15.7. The molecule has 28 heavy (non-hydrogen) atoms. The predicted molar refractivity (Wildman–Crippen MR) is 101 cm³/mol. The topological polar surface area (TPSA) is 154 Å². The highest BCUT2D eigenvalue weighted by Crippen LogP contribution is 2.25. The summed E-state index contributed by atoms with van der Waals surface area (Å²) in [6.45, 7) is 0.865. The van der Waals surface area contributed by atoms with Crippen LogP contribution in [-0.4, -0.2) is 92.0 Å². The minimum absolute atomic E-state index is 0.118. The van der Waals surface area contributed by atoms with Crippen LogP contribution in [-0.2, 0) is 11.2 Å². The number of rotatable bonds is 9. The van der Waals surface area contributed by atoms with Gasteiger partial charge in [0.15, 0.2) is 11.5 Å². The number of aliphatic hydroxyl groups is 4. The first kappa shape index (κ1) is 22.4.